The standard InChI is InChI=1S/C8H11ClN2/c9-7-4-2-1-3-6(7)5-8(10)11/h1-4,8H,5,10-11H2. The van der Waals surface area contributed by atoms with E-state index in [1.54, 1.807) is 0 Å². The van der Waals surface area contributed by atoms with Crippen LogP contribution < -0.4 is 11.5 Å². The Kier molecular flexibility index (Phi) is 2.88. The molecule has 0 amide bonds. The van der Waals surface area contributed by atoms with Crippen molar-refractivity contribution in [1.82, 2.24) is 0 Å². The van der Waals surface area contributed by atoms with Gasteiger partial charge in [0.05, 0.1) is 6.17 Å². The molecule has 0 atom stereocenters. The average molecular weight is 171 g/mol. The molecule has 1 rings (SSSR count). The number of nitrogens with two attached hydrogens (primary N) is 2. The molecule has 0 saturated heterocycles. The van der Waals surface area contributed by atoms with Crippen LogP contribution in [-0.2, 0) is 6.42 Å². The lowest BCUT2D eigenvalue weighted by atomic mass is 10.1. The van der Waals surface area contributed by atoms with Crippen molar-refractivity contribution in [3.63, 3.8) is 0 Å². The molecule has 0 aliphatic rings. The Morgan fingerprint density at radius 1 is 1.27 bits per heavy atom. The lowest BCUT2D eigenvalue weighted by Gasteiger charge is -2.06. The van der Waals surface area contributed by atoms with Crippen LogP contribution in [0.2, 0.25) is 5.02 Å². The van der Waals surface area contributed by atoms with Crippen LogP contribution in [0.25, 0.3) is 0 Å². The van der Waals surface area contributed by atoms with Crippen LogP contribution in [0, 0.1) is 0 Å². The molecule has 0 fully saturated rings. The highest BCUT2D eigenvalue weighted by molar-refractivity contribution is 6.31. The summed E-state index contributed by atoms with van der Waals surface area (Å²) in [5.41, 5.74) is 11.8. The van der Waals surface area contributed by atoms with E-state index in [-0.39, 0.29) is 6.17 Å². The van der Waals surface area contributed by atoms with Gasteiger partial charge in [0.2, 0.25) is 0 Å². The maximum Gasteiger partial charge on any atom is 0.0562 e. The Bertz CT molecular complexity index is 235. The molecule has 0 spiro atoms. The molecule has 0 aromatic heterocycles. The Labute approximate surface area is 71.1 Å². The number of rotatable bonds is 2. The van der Waals surface area contributed by atoms with E-state index in [9.17, 15) is 0 Å². The van der Waals surface area contributed by atoms with E-state index in [0.717, 1.165) is 10.6 Å². The van der Waals surface area contributed by atoms with Crippen LogP contribution in [-0.4, -0.2) is 6.17 Å². The molecule has 0 aliphatic heterocycles. The average Bonchev–Trinajstić information content (AvgIpc) is 1.93. The van der Waals surface area contributed by atoms with Crippen molar-refractivity contribution in [3.05, 3.63) is 34.9 Å². The second kappa shape index (κ2) is 3.72. The Hall–Kier alpha value is -0.570. The van der Waals surface area contributed by atoms with Gasteiger partial charge in [-0.05, 0) is 11.6 Å². The molecule has 3 heteroatoms. The van der Waals surface area contributed by atoms with E-state index >= 15 is 0 Å². The molecule has 4 N–H and O–H groups in total. The van der Waals surface area contributed by atoms with Crippen molar-refractivity contribution in [3.8, 4) is 0 Å². The van der Waals surface area contributed by atoms with Crippen LogP contribution in [0.1, 0.15) is 5.56 Å². The summed E-state index contributed by atoms with van der Waals surface area (Å²) in [7, 11) is 0. The zero-order valence-electron chi connectivity index (χ0n) is 6.13. The SMILES string of the molecule is NC(N)Cc1ccccc1Cl. The third kappa shape index (κ3) is 2.50. The van der Waals surface area contributed by atoms with Gasteiger partial charge in [0.25, 0.3) is 0 Å². The summed E-state index contributed by atoms with van der Waals surface area (Å²) >= 11 is 5.86. The second-order valence-electron chi connectivity index (χ2n) is 2.46. The topological polar surface area (TPSA) is 52.0 Å². The third-order valence-corrected chi connectivity index (χ3v) is 1.78. The fourth-order valence-corrected chi connectivity index (χ4v) is 1.13. The van der Waals surface area contributed by atoms with E-state index in [4.69, 9.17) is 23.1 Å². The Morgan fingerprint density at radius 3 is 2.45 bits per heavy atom. The third-order valence-electron chi connectivity index (χ3n) is 1.41. The Morgan fingerprint density at radius 2 is 1.91 bits per heavy atom. The maximum atomic E-state index is 5.86. The minimum atomic E-state index is -0.324. The highest BCUT2D eigenvalue weighted by Crippen LogP contribution is 2.15. The van der Waals surface area contributed by atoms with E-state index in [0.29, 0.717) is 6.42 Å². The lowest BCUT2D eigenvalue weighted by molar-refractivity contribution is 0.703. The van der Waals surface area contributed by atoms with Gasteiger partial charge in [-0.3, -0.25) is 0 Å². The van der Waals surface area contributed by atoms with Gasteiger partial charge in [-0.1, -0.05) is 29.8 Å². The van der Waals surface area contributed by atoms with Crippen LogP contribution >= 0.6 is 11.6 Å². The highest BCUT2D eigenvalue weighted by atomic mass is 35.5. The summed E-state index contributed by atoms with van der Waals surface area (Å²) in [6.07, 6.45) is 0.301. The van der Waals surface area contributed by atoms with Gasteiger partial charge in [-0.15, -0.1) is 0 Å². The van der Waals surface area contributed by atoms with Gasteiger partial charge in [0.15, 0.2) is 0 Å². The predicted octanol–water partition coefficient (Wildman–Crippen LogP) is 1.13. The molecule has 2 nitrogen and oxygen atoms in total. The summed E-state index contributed by atoms with van der Waals surface area (Å²) < 4.78 is 0. The van der Waals surface area contributed by atoms with Crippen LogP contribution in [0.15, 0.2) is 24.3 Å². The van der Waals surface area contributed by atoms with Crippen molar-refractivity contribution >= 4 is 11.6 Å². The summed E-state index contributed by atoms with van der Waals surface area (Å²) in [5, 5.41) is 0.730. The van der Waals surface area contributed by atoms with Crippen molar-refractivity contribution in [2.75, 3.05) is 0 Å². The number of hydrogen-bond donors (Lipinski definition) is 2. The molecule has 60 valence electrons. The zero-order chi connectivity index (χ0) is 8.27. The first-order chi connectivity index (χ1) is 5.20. The summed E-state index contributed by atoms with van der Waals surface area (Å²) in [4.78, 5) is 0. The molecular formula is C8H11ClN2. The molecule has 0 heterocycles. The molecule has 0 radical (unpaired) electrons. The molecule has 1 aromatic carbocycles. The van der Waals surface area contributed by atoms with Crippen molar-refractivity contribution < 1.29 is 0 Å². The second-order valence-corrected chi connectivity index (χ2v) is 2.87. The fourth-order valence-electron chi connectivity index (χ4n) is 0.918. The lowest BCUT2D eigenvalue weighted by Crippen LogP contribution is -2.32. The largest absolute Gasteiger partial charge is 0.316 e. The van der Waals surface area contributed by atoms with Crippen LogP contribution in [0.3, 0.4) is 0 Å². The number of benzene rings is 1. The summed E-state index contributed by atoms with van der Waals surface area (Å²) in [6, 6.07) is 7.56. The maximum absolute atomic E-state index is 5.86. The first-order valence-electron chi connectivity index (χ1n) is 3.44. The molecule has 0 unspecified atom stereocenters. The quantitative estimate of drug-likeness (QED) is 0.654. The van der Waals surface area contributed by atoms with Gasteiger partial charge in [-0.25, -0.2) is 0 Å². The molecule has 0 bridgehead atoms. The van der Waals surface area contributed by atoms with Gasteiger partial charge in [-0.2, -0.15) is 0 Å². The minimum absolute atomic E-state index is 0.324. The monoisotopic (exact) mass is 170 g/mol. The molecule has 11 heavy (non-hydrogen) atoms. The van der Waals surface area contributed by atoms with Crippen molar-refractivity contribution in [2.24, 2.45) is 11.5 Å². The van der Waals surface area contributed by atoms with Crippen LogP contribution in [0.5, 0.6) is 0 Å². The minimum Gasteiger partial charge on any atom is -0.316 e. The normalized spacial score (nSPS) is 10.5. The smallest absolute Gasteiger partial charge is 0.0562 e. The Balaban J connectivity index is 2.78. The molecule has 0 saturated carbocycles. The summed E-state index contributed by atoms with van der Waals surface area (Å²) in [6.45, 7) is 0. The fraction of sp³-hybridized carbons (Fsp3) is 0.250. The van der Waals surface area contributed by atoms with Gasteiger partial charge in [0, 0.05) is 11.4 Å². The summed E-state index contributed by atoms with van der Waals surface area (Å²) in [5.74, 6) is 0. The van der Waals surface area contributed by atoms with Gasteiger partial charge in [0.1, 0.15) is 0 Å². The molecule has 0 aliphatic carbocycles. The first-order valence-corrected chi connectivity index (χ1v) is 3.82. The van der Waals surface area contributed by atoms with E-state index < -0.39 is 0 Å². The first kappa shape index (κ1) is 8.53. The highest BCUT2D eigenvalue weighted by Gasteiger charge is 2.00. The van der Waals surface area contributed by atoms with Crippen molar-refractivity contribution in [2.45, 2.75) is 12.6 Å². The van der Waals surface area contributed by atoms with Gasteiger partial charge >= 0.3 is 0 Å². The van der Waals surface area contributed by atoms with E-state index in [2.05, 4.69) is 0 Å². The van der Waals surface area contributed by atoms with Gasteiger partial charge < -0.3 is 11.5 Å². The molecule has 1 aromatic rings. The molecular weight excluding hydrogens is 160 g/mol. The van der Waals surface area contributed by atoms with Crippen LogP contribution in [0.4, 0.5) is 0 Å². The number of halogens is 1. The zero-order valence-corrected chi connectivity index (χ0v) is 6.88. The van der Waals surface area contributed by atoms with Crippen molar-refractivity contribution in [1.29, 1.82) is 0 Å². The van der Waals surface area contributed by atoms with E-state index in [1.807, 2.05) is 24.3 Å². The van der Waals surface area contributed by atoms with E-state index in [1.165, 1.54) is 0 Å². The predicted molar refractivity (Wildman–Crippen MR) is 47.3 cm³/mol. The number of hydrogen-bond acceptors (Lipinski definition) is 2.